The lowest BCUT2D eigenvalue weighted by molar-refractivity contribution is -0.138. The number of likely N-dealkylation sites (tertiary alicyclic amines) is 1. The van der Waals surface area contributed by atoms with Crippen molar-refractivity contribution < 1.29 is 9.59 Å². The molecule has 2 amide bonds. The maximum Gasteiger partial charge on any atom is 0.248 e. The largest absolute Gasteiger partial charge is 0.368 e. The average Bonchev–Trinajstić information content (AvgIpc) is 3.17. The third-order valence-electron chi connectivity index (χ3n) is 5.40. The summed E-state index contributed by atoms with van der Waals surface area (Å²) in [4.78, 5) is 44.0. The van der Waals surface area contributed by atoms with Crippen LogP contribution in [-0.4, -0.2) is 61.1 Å². The van der Waals surface area contributed by atoms with Gasteiger partial charge in [0, 0.05) is 6.04 Å². The Bertz CT molecular complexity index is 1130. The van der Waals surface area contributed by atoms with E-state index in [1.54, 1.807) is 27.7 Å². The molecule has 0 aromatic carbocycles. The number of nitrogens with two attached hydrogens (primary N) is 1. The minimum absolute atomic E-state index is 0.0243. The molecule has 5 rings (SSSR count). The van der Waals surface area contributed by atoms with Gasteiger partial charge in [-0.05, 0) is 30.4 Å². The highest BCUT2D eigenvalue weighted by atomic mass is 16.2. The van der Waals surface area contributed by atoms with Gasteiger partial charge in [0.25, 0.3) is 0 Å². The van der Waals surface area contributed by atoms with Crippen LogP contribution in [0.1, 0.15) is 12.8 Å². The van der Waals surface area contributed by atoms with Crippen molar-refractivity contribution in [3.63, 3.8) is 0 Å². The lowest BCUT2D eigenvalue weighted by Gasteiger charge is -2.27. The Morgan fingerprint density at radius 2 is 2.10 bits per heavy atom. The summed E-state index contributed by atoms with van der Waals surface area (Å²) >= 11 is 0. The number of carbonyl (C=O) groups is 2. The van der Waals surface area contributed by atoms with Gasteiger partial charge in [0.2, 0.25) is 17.8 Å². The van der Waals surface area contributed by atoms with Crippen LogP contribution in [0.25, 0.3) is 11.2 Å². The fraction of sp³-hybridized carbons (Fsp3) is 0.333. The summed E-state index contributed by atoms with van der Waals surface area (Å²) in [6.07, 6.45) is 4.61. The van der Waals surface area contributed by atoms with E-state index < -0.39 is 6.04 Å². The molecular formula is C18H17BN8O2. The van der Waals surface area contributed by atoms with Crippen LogP contribution < -0.4 is 16.6 Å². The number of fused-ring (bicyclic) bond motifs is 2. The van der Waals surface area contributed by atoms with Gasteiger partial charge in [0.1, 0.15) is 31.8 Å². The predicted molar refractivity (Wildman–Crippen MR) is 105 cm³/mol. The van der Waals surface area contributed by atoms with Crippen molar-refractivity contribution in [2.24, 2.45) is 5.92 Å². The number of hydrogen-bond acceptors (Lipinski definition) is 7. The molecule has 3 aromatic heterocycles. The second-order valence-corrected chi connectivity index (χ2v) is 7.36. The molecule has 3 aromatic rings. The first-order valence-corrected chi connectivity index (χ1v) is 9.27. The van der Waals surface area contributed by atoms with E-state index in [0.29, 0.717) is 34.9 Å². The van der Waals surface area contributed by atoms with Gasteiger partial charge in [0.15, 0.2) is 5.65 Å². The van der Waals surface area contributed by atoms with Crippen molar-refractivity contribution in [2.45, 2.75) is 31.5 Å². The Hall–Kier alpha value is -3.50. The van der Waals surface area contributed by atoms with Gasteiger partial charge in [-0.15, -0.1) is 0 Å². The molecule has 1 saturated carbocycles. The lowest BCUT2D eigenvalue weighted by atomic mass is 10.0. The van der Waals surface area contributed by atoms with Crippen molar-refractivity contribution in [1.29, 1.82) is 0 Å². The fourth-order valence-electron chi connectivity index (χ4n) is 3.99. The molecule has 3 atom stereocenters. The van der Waals surface area contributed by atoms with Gasteiger partial charge in [0.05, 0.1) is 12.5 Å². The van der Waals surface area contributed by atoms with E-state index in [4.69, 9.17) is 13.6 Å². The number of piperidine rings is 1. The maximum absolute atomic E-state index is 13.1. The van der Waals surface area contributed by atoms with Crippen LogP contribution in [0.4, 0.5) is 11.8 Å². The first-order chi connectivity index (χ1) is 14.0. The first-order valence-electron chi connectivity index (χ1n) is 9.27. The topological polar surface area (TPSA) is 132 Å². The Morgan fingerprint density at radius 3 is 2.93 bits per heavy atom. The molecular weight excluding hydrogens is 371 g/mol. The van der Waals surface area contributed by atoms with Crippen LogP contribution in [0, 0.1) is 5.92 Å². The molecule has 2 fully saturated rings. The number of nitrogens with one attached hydrogen (secondary N) is 1. The SMILES string of the molecule is [B]c1cccc(NC(=O)[C@@H]2C[C@H]3CC3N2C(=O)Cn2cnc3cnc(N)nc32)n1. The summed E-state index contributed by atoms with van der Waals surface area (Å²) < 4.78 is 1.62. The summed E-state index contributed by atoms with van der Waals surface area (Å²) in [7, 11) is 5.67. The van der Waals surface area contributed by atoms with E-state index >= 15 is 0 Å². The lowest BCUT2D eigenvalue weighted by Crippen LogP contribution is -2.46. The maximum atomic E-state index is 13.1. The third-order valence-corrected chi connectivity index (χ3v) is 5.40. The van der Waals surface area contributed by atoms with E-state index in [0.717, 1.165) is 6.42 Å². The highest BCUT2D eigenvalue weighted by molar-refractivity contribution is 6.30. The summed E-state index contributed by atoms with van der Waals surface area (Å²) in [5, 5.41) is 2.77. The molecule has 1 saturated heterocycles. The molecule has 11 heteroatoms. The van der Waals surface area contributed by atoms with Crippen LogP contribution in [0.2, 0.25) is 0 Å². The zero-order valence-corrected chi connectivity index (χ0v) is 15.4. The Balaban J connectivity index is 1.35. The average molecular weight is 388 g/mol. The summed E-state index contributed by atoms with van der Waals surface area (Å²) in [6.45, 7) is 0.0243. The molecule has 29 heavy (non-hydrogen) atoms. The van der Waals surface area contributed by atoms with E-state index in [-0.39, 0.29) is 30.3 Å². The molecule has 10 nitrogen and oxygen atoms in total. The zero-order valence-electron chi connectivity index (χ0n) is 15.4. The van der Waals surface area contributed by atoms with Crippen LogP contribution in [0.15, 0.2) is 30.7 Å². The number of nitrogen functional groups attached to an aromatic ring is 1. The number of rotatable bonds is 4. The second-order valence-electron chi connectivity index (χ2n) is 7.36. The van der Waals surface area contributed by atoms with Crippen LogP contribution >= 0.6 is 0 Å². The number of nitrogens with zero attached hydrogens (tertiary/aromatic N) is 6. The molecule has 144 valence electrons. The molecule has 0 spiro atoms. The number of anilines is 2. The highest BCUT2D eigenvalue weighted by Crippen LogP contribution is 2.48. The van der Waals surface area contributed by atoms with Gasteiger partial charge >= 0.3 is 0 Å². The number of imidazole rings is 1. The molecule has 1 aliphatic carbocycles. The first kappa shape index (κ1) is 17.6. The van der Waals surface area contributed by atoms with Gasteiger partial charge < -0.3 is 20.5 Å². The smallest absolute Gasteiger partial charge is 0.248 e. The van der Waals surface area contributed by atoms with Crippen LogP contribution in [0.3, 0.4) is 0 Å². The van der Waals surface area contributed by atoms with E-state index in [1.165, 1.54) is 12.5 Å². The molecule has 0 bridgehead atoms. The normalized spacial score (nSPS) is 22.5. The Labute approximate surface area is 167 Å². The number of aromatic nitrogens is 5. The van der Waals surface area contributed by atoms with Crippen LogP contribution in [0.5, 0.6) is 0 Å². The fourth-order valence-corrected chi connectivity index (χ4v) is 3.99. The number of pyridine rings is 1. The quantitative estimate of drug-likeness (QED) is 0.561. The summed E-state index contributed by atoms with van der Waals surface area (Å²) in [5.41, 5.74) is 7.01. The molecule has 1 aliphatic heterocycles. The third kappa shape index (κ3) is 3.18. The molecule has 2 aliphatic rings. The highest BCUT2D eigenvalue weighted by Gasteiger charge is 2.56. The standard InChI is InChI=1S/C18H17BN8O2/c19-13-2-1-3-14(23-13)24-17(29)12-5-9-4-11(9)27(12)15(28)7-26-8-22-10-6-21-18(20)25-16(10)26/h1-3,6,8-9,11-12H,4-5,7H2,(H2,20,21,25)(H,23,24,29)/t9-,11?,12+/m1/s1. The summed E-state index contributed by atoms with van der Waals surface area (Å²) in [5.74, 6) is 0.427. The van der Waals surface area contributed by atoms with Crippen molar-refractivity contribution in [3.8, 4) is 0 Å². The van der Waals surface area contributed by atoms with Crippen molar-refractivity contribution >= 4 is 48.2 Å². The number of carbonyl (C=O) groups excluding carboxylic acids is 2. The minimum Gasteiger partial charge on any atom is -0.368 e. The summed E-state index contributed by atoms with van der Waals surface area (Å²) in [6, 6.07) is 4.58. The molecule has 2 radical (unpaired) electrons. The van der Waals surface area contributed by atoms with Crippen molar-refractivity contribution in [3.05, 3.63) is 30.7 Å². The van der Waals surface area contributed by atoms with E-state index in [2.05, 4.69) is 25.3 Å². The minimum atomic E-state index is -0.538. The van der Waals surface area contributed by atoms with Crippen LogP contribution in [-0.2, 0) is 16.1 Å². The van der Waals surface area contributed by atoms with E-state index in [9.17, 15) is 9.59 Å². The predicted octanol–water partition coefficient (Wildman–Crippen LogP) is -0.775. The van der Waals surface area contributed by atoms with Gasteiger partial charge in [-0.1, -0.05) is 12.1 Å². The van der Waals surface area contributed by atoms with Crippen molar-refractivity contribution in [2.75, 3.05) is 11.1 Å². The van der Waals surface area contributed by atoms with Gasteiger partial charge in [-0.2, -0.15) is 4.98 Å². The zero-order chi connectivity index (χ0) is 20.1. The molecule has 3 N–H and O–H groups in total. The Kier molecular flexibility index (Phi) is 3.97. The van der Waals surface area contributed by atoms with Gasteiger partial charge in [-0.25, -0.2) is 15.0 Å². The van der Waals surface area contributed by atoms with E-state index in [1.807, 2.05) is 0 Å². The Morgan fingerprint density at radius 1 is 1.24 bits per heavy atom. The van der Waals surface area contributed by atoms with Crippen molar-refractivity contribution in [1.82, 2.24) is 29.4 Å². The van der Waals surface area contributed by atoms with Gasteiger partial charge in [-0.3, -0.25) is 9.59 Å². The number of amides is 2. The monoisotopic (exact) mass is 388 g/mol. The number of hydrogen-bond donors (Lipinski definition) is 2. The second kappa shape index (κ2) is 6.54. The molecule has 1 unspecified atom stereocenters. The molecule has 4 heterocycles.